The maximum absolute atomic E-state index is 11.7. The molecule has 1 saturated carbocycles. The second-order valence-electron chi connectivity index (χ2n) is 5.77. The van der Waals surface area contributed by atoms with Gasteiger partial charge in [-0.2, -0.15) is 0 Å². The average molecular weight is 314 g/mol. The molecule has 0 radical (unpaired) electrons. The molecule has 7 heteroatoms. The lowest BCUT2D eigenvalue weighted by Crippen LogP contribution is -2.42. The molecule has 4 N–H and O–H groups in total. The number of unbranched alkanes of at least 4 members (excludes halogenated alkanes) is 3. The summed E-state index contributed by atoms with van der Waals surface area (Å²) in [6.07, 6.45) is 6.78. The van der Waals surface area contributed by atoms with Gasteiger partial charge in [0.05, 0.1) is 0 Å². The number of aliphatic carboxylic acids is 1. The molecule has 0 aromatic heterocycles. The largest absolute Gasteiger partial charge is 0.480 e. The van der Waals surface area contributed by atoms with Crippen LogP contribution in [0.1, 0.15) is 64.2 Å². The lowest BCUT2D eigenvalue weighted by atomic mass is 10.1. The third-order valence-corrected chi connectivity index (χ3v) is 3.83. The zero-order valence-corrected chi connectivity index (χ0v) is 12.9. The first kappa shape index (κ1) is 18.3. The quantitative estimate of drug-likeness (QED) is 0.532. The molecule has 1 aliphatic carbocycles. The van der Waals surface area contributed by atoms with Crippen molar-refractivity contribution in [2.75, 3.05) is 0 Å². The molecule has 2 amide bonds. The van der Waals surface area contributed by atoms with Crippen molar-refractivity contribution in [1.29, 1.82) is 0 Å². The second-order valence-corrected chi connectivity index (χ2v) is 5.77. The van der Waals surface area contributed by atoms with Gasteiger partial charge in [0, 0.05) is 6.42 Å². The Bertz CT molecular complexity index is 380. The van der Waals surface area contributed by atoms with E-state index in [1.807, 2.05) is 0 Å². The van der Waals surface area contributed by atoms with Crippen LogP contribution in [0.2, 0.25) is 0 Å². The number of primary amides is 1. The standard InChI is InChI=1S/C15H26N2O5/c16-13(18)10-4-2-1-3-9-12(14(19)20)17-15(21)22-11-7-5-6-8-11/h11-12H,1-10H2,(H2,16,18)(H,17,21)(H,19,20)/t12-/m0/s1. The van der Waals surface area contributed by atoms with Gasteiger partial charge in [-0.15, -0.1) is 0 Å². The number of hydrogen-bond donors (Lipinski definition) is 3. The van der Waals surface area contributed by atoms with E-state index in [1.165, 1.54) is 0 Å². The van der Waals surface area contributed by atoms with Gasteiger partial charge < -0.3 is 20.9 Å². The lowest BCUT2D eigenvalue weighted by molar-refractivity contribution is -0.139. The molecule has 7 nitrogen and oxygen atoms in total. The van der Waals surface area contributed by atoms with Gasteiger partial charge in [0.2, 0.25) is 5.91 Å². The molecule has 0 aromatic carbocycles. The number of carbonyl (C=O) groups excluding carboxylic acids is 2. The molecule has 1 aliphatic rings. The first-order valence-corrected chi connectivity index (χ1v) is 7.97. The van der Waals surface area contributed by atoms with Crippen molar-refractivity contribution in [3.05, 3.63) is 0 Å². The highest BCUT2D eigenvalue weighted by Crippen LogP contribution is 2.21. The minimum atomic E-state index is -1.06. The van der Waals surface area contributed by atoms with Crippen LogP contribution in [0.25, 0.3) is 0 Å². The molecule has 0 spiro atoms. The van der Waals surface area contributed by atoms with Crippen molar-refractivity contribution in [3.63, 3.8) is 0 Å². The number of carboxylic acid groups (broad SMARTS) is 1. The second kappa shape index (κ2) is 10.0. The molecule has 1 rings (SSSR count). The number of alkyl carbamates (subject to hydrolysis) is 1. The van der Waals surface area contributed by atoms with Crippen molar-refractivity contribution in [2.45, 2.75) is 76.4 Å². The Labute approximate surface area is 130 Å². The zero-order valence-electron chi connectivity index (χ0n) is 12.9. The molecule has 1 atom stereocenters. The summed E-state index contributed by atoms with van der Waals surface area (Å²) in [6.45, 7) is 0. The lowest BCUT2D eigenvalue weighted by Gasteiger charge is -2.17. The summed E-state index contributed by atoms with van der Waals surface area (Å²) in [4.78, 5) is 33.4. The Morgan fingerprint density at radius 2 is 1.77 bits per heavy atom. The number of amides is 2. The van der Waals surface area contributed by atoms with Crippen LogP contribution in [-0.4, -0.2) is 35.2 Å². The maximum Gasteiger partial charge on any atom is 0.408 e. The van der Waals surface area contributed by atoms with Crippen LogP contribution in [0.15, 0.2) is 0 Å². The third-order valence-electron chi connectivity index (χ3n) is 3.83. The number of ether oxygens (including phenoxy) is 1. The van der Waals surface area contributed by atoms with Crippen molar-refractivity contribution >= 4 is 18.0 Å². The highest BCUT2D eigenvalue weighted by atomic mass is 16.6. The molecule has 0 aromatic rings. The van der Waals surface area contributed by atoms with Gasteiger partial charge >= 0.3 is 12.1 Å². The number of nitrogens with two attached hydrogens (primary N) is 1. The maximum atomic E-state index is 11.7. The summed E-state index contributed by atoms with van der Waals surface area (Å²) in [6, 6.07) is -0.926. The molecular formula is C15H26N2O5. The van der Waals surface area contributed by atoms with Crippen LogP contribution in [0.4, 0.5) is 4.79 Å². The van der Waals surface area contributed by atoms with E-state index in [-0.39, 0.29) is 12.0 Å². The van der Waals surface area contributed by atoms with Crippen molar-refractivity contribution in [1.82, 2.24) is 5.32 Å². The normalized spacial score (nSPS) is 16.2. The van der Waals surface area contributed by atoms with Gasteiger partial charge in [-0.1, -0.05) is 19.3 Å². The molecule has 1 fully saturated rings. The van der Waals surface area contributed by atoms with Crippen molar-refractivity contribution < 1.29 is 24.2 Å². The number of carboxylic acids is 1. The van der Waals surface area contributed by atoms with E-state index in [0.717, 1.165) is 38.5 Å². The average Bonchev–Trinajstić information content (AvgIpc) is 2.93. The highest BCUT2D eigenvalue weighted by molar-refractivity contribution is 5.79. The summed E-state index contributed by atoms with van der Waals surface area (Å²) in [5.41, 5.74) is 5.04. The summed E-state index contributed by atoms with van der Waals surface area (Å²) >= 11 is 0. The minimum absolute atomic E-state index is 0.0803. The van der Waals surface area contributed by atoms with E-state index < -0.39 is 18.1 Å². The third kappa shape index (κ3) is 7.85. The Balaban J connectivity index is 2.19. The molecule has 0 bridgehead atoms. The van der Waals surface area contributed by atoms with Crippen LogP contribution in [0, 0.1) is 0 Å². The van der Waals surface area contributed by atoms with E-state index >= 15 is 0 Å². The van der Waals surface area contributed by atoms with Crippen molar-refractivity contribution in [2.24, 2.45) is 5.73 Å². The summed E-state index contributed by atoms with van der Waals surface area (Å²) < 4.78 is 5.20. The fraction of sp³-hybridized carbons (Fsp3) is 0.800. The molecule has 0 unspecified atom stereocenters. The molecule has 0 saturated heterocycles. The Kier molecular flexibility index (Phi) is 8.32. The van der Waals surface area contributed by atoms with E-state index in [9.17, 15) is 14.4 Å². The number of rotatable bonds is 10. The monoisotopic (exact) mass is 314 g/mol. The van der Waals surface area contributed by atoms with Crippen LogP contribution >= 0.6 is 0 Å². The van der Waals surface area contributed by atoms with Gasteiger partial charge in [-0.25, -0.2) is 9.59 Å². The van der Waals surface area contributed by atoms with E-state index in [4.69, 9.17) is 15.6 Å². The predicted molar refractivity (Wildman–Crippen MR) is 80.2 cm³/mol. The van der Waals surface area contributed by atoms with Gasteiger partial charge in [0.1, 0.15) is 12.1 Å². The fourth-order valence-corrected chi connectivity index (χ4v) is 2.59. The van der Waals surface area contributed by atoms with Gasteiger partial charge in [-0.05, 0) is 38.5 Å². The van der Waals surface area contributed by atoms with Crippen LogP contribution in [0.3, 0.4) is 0 Å². The summed E-state index contributed by atoms with van der Waals surface area (Å²) in [5.74, 6) is -1.37. The molecule has 0 heterocycles. The first-order valence-electron chi connectivity index (χ1n) is 7.97. The summed E-state index contributed by atoms with van der Waals surface area (Å²) in [5, 5.41) is 11.5. The topological polar surface area (TPSA) is 119 Å². The van der Waals surface area contributed by atoms with Crippen LogP contribution < -0.4 is 11.1 Å². The smallest absolute Gasteiger partial charge is 0.408 e. The predicted octanol–water partition coefficient (Wildman–Crippen LogP) is 1.93. The SMILES string of the molecule is NC(=O)CCCCCC[C@H](NC(=O)OC1CCCC1)C(=O)O. The van der Waals surface area contributed by atoms with Gasteiger partial charge in [0.15, 0.2) is 0 Å². The van der Waals surface area contributed by atoms with Gasteiger partial charge in [-0.3, -0.25) is 4.79 Å². The molecule has 126 valence electrons. The fourth-order valence-electron chi connectivity index (χ4n) is 2.59. The first-order chi connectivity index (χ1) is 10.5. The Hall–Kier alpha value is -1.79. The van der Waals surface area contributed by atoms with Crippen molar-refractivity contribution in [3.8, 4) is 0 Å². The molecule has 0 aliphatic heterocycles. The highest BCUT2D eigenvalue weighted by Gasteiger charge is 2.23. The Morgan fingerprint density at radius 1 is 1.14 bits per heavy atom. The van der Waals surface area contributed by atoms with E-state index in [0.29, 0.717) is 25.7 Å². The number of hydrogen-bond acceptors (Lipinski definition) is 4. The summed E-state index contributed by atoms with van der Waals surface area (Å²) in [7, 11) is 0. The van der Waals surface area contributed by atoms with Gasteiger partial charge in [0.25, 0.3) is 0 Å². The number of nitrogens with one attached hydrogen (secondary N) is 1. The van der Waals surface area contributed by atoms with Crippen LogP contribution in [0.5, 0.6) is 0 Å². The zero-order chi connectivity index (χ0) is 16.4. The Morgan fingerprint density at radius 3 is 2.36 bits per heavy atom. The number of carbonyl (C=O) groups is 3. The van der Waals surface area contributed by atoms with E-state index in [1.54, 1.807) is 0 Å². The minimum Gasteiger partial charge on any atom is -0.480 e. The molecule has 22 heavy (non-hydrogen) atoms. The molecular weight excluding hydrogens is 288 g/mol. The van der Waals surface area contributed by atoms with E-state index in [2.05, 4.69) is 5.32 Å². The van der Waals surface area contributed by atoms with Crippen LogP contribution in [-0.2, 0) is 14.3 Å².